The number of furan rings is 1. The number of benzene rings is 2. The van der Waals surface area contributed by atoms with Crippen LogP contribution in [0.1, 0.15) is 73.4 Å². The van der Waals surface area contributed by atoms with E-state index in [2.05, 4.69) is 20.9 Å². The van der Waals surface area contributed by atoms with Crippen LogP contribution in [-0.4, -0.2) is 34.4 Å². The van der Waals surface area contributed by atoms with Crippen LogP contribution in [0, 0.1) is 13.8 Å². The maximum Gasteiger partial charge on any atom is 0.256 e. The third-order valence-electron chi connectivity index (χ3n) is 7.09. The summed E-state index contributed by atoms with van der Waals surface area (Å²) in [5, 5.41) is 18.9. The number of aromatic nitrogens is 1. The average molecular weight is 539 g/mol. The molecule has 0 saturated carbocycles. The van der Waals surface area contributed by atoms with Crippen molar-refractivity contribution < 1.29 is 23.9 Å². The molecule has 3 amide bonds. The third-order valence-corrected chi connectivity index (χ3v) is 7.09. The van der Waals surface area contributed by atoms with Crippen LogP contribution in [0.4, 0.5) is 5.69 Å². The number of anilines is 1. The van der Waals surface area contributed by atoms with Crippen LogP contribution in [0.2, 0.25) is 0 Å². The minimum atomic E-state index is -0.899. The molecule has 1 aliphatic heterocycles. The van der Waals surface area contributed by atoms with E-state index in [-0.39, 0.29) is 30.3 Å². The van der Waals surface area contributed by atoms with E-state index in [0.29, 0.717) is 50.5 Å². The maximum absolute atomic E-state index is 13.0. The minimum absolute atomic E-state index is 0.0162. The van der Waals surface area contributed by atoms with Gasteiger partial charge in [0.1, 0.15) is 0 Å². The fourth-order valence-electron chi connectivity index (χ4n) is 4.84. The molecule has 2 aromatic heterocycles. The lowest BCUT2D eigenvalue weighted by Gasteiger charge is -2.14. The van der Waals surface area contributed by atoms with Crippen molar-refractivity contribution in [3.63, 3.8) is 0 Å². The Morgan fingerprint density at radius 2 is 1.82 bits per heavy atom. The number of amides is 3. The molecule has 204 valence electrons. The summed E-state index contributed by atoms with van der Waals surface area (Å²) < 4.78 is 4.98. The van der Waals surface area contributed by atoms with Gasteiger partial charge in [-0.1, -0.05) is 30.3 Å². The number of fused-ring (bicyclic) bond motifs is 1. The second-order valence-electron chi connectivity index (χ2n) is 9.82. The second-order valence-corrected chi connectivity index (χ2v) is 9.82. The van der Waals surface area contributed by atoms with Crippen molar-refractivity contribution in [3.8, 4) is 0 Å². The molecule has 9 heteroatoms. The fourth-order valence-corrected chi connectivity index (χ4v) is 4.84. The number of aryl methyl sites for hydroxylation is 1. The number of aromatic amines is 1. The molecule has 1 unspecified atom stereocenters. The van der Waals surface area contributed by atoms with E-state index < -0.39 is 6.10 Å². The van der Waals surface area contributed by atoms with Crippen molar-refractivity contribution in [3.05, 3.63) is 112 Å². The van der Waals surface area contributed by atoms with Crippen LogP contribution in [-0.2, 0) is 4.79 Å². The zero-order valence-corrected chi connectivity index (χ0v) is 22.4. The molecule has 0 aliphatic carbocycles. The molecule has 1 aliphatic rings. The van der Waals surface area contributed by atoms with E-state index in [4.69, 9.17) is 4.42 Å². The summed E-state index contributed by atoms with van der Waals surface area (Å²) in [6, 6.07) is 16.2. The summed E-state index contributed by atoms with van der Waals surface area (Å²) in [6.07, 6.45) is 3.68. The van der Waals surface area contributed by atoms with E-state index in [9.17, 15) is 19.5 Å². The molecule has 0 fully saturated rings. The molecule has 3 heterocycles. The van der Waals surface area contributed by atoms with E-state index in [1.165, 1.54) is 12.5 Å². The molecule has 0 radical (unpaired) electrons. The first-order chi connectivity index (χ1) is 19.2. The molecular weight excluding hydrogens is 508 g/mol. The molecule has 9 nitrogen and oxygen atoms in total. The van der Waals surface area contributed by atoms with Crippen LogP contribution in [0.25, 0.3) is 11.6 Å². The number of H-pyrrole nitrogens is 1. The molecule has 4 aromatic rings. The van der Waals surface area contributed by atoms with Gasteiger partial charge < -0.3 is 30.5 Å². The van der Waals surface area contributed by atoms with E-state index in [1.54, 1.807) is 44.2 Å². The lowest BCUT2D eigenvalue weighted by atomic mass is 10.0. The smallest absolute Gasteiger partial charge is 0.256 e. The van der Waals surface area contributed by atoms with Crippen LogP contribution < -0.4 is 16.0 Å². The number of hydrogen-bond acceptors (Lipinski definition) is 5. The van der Waals surface area contributed by atoms with Gasteiger partial charge in [-0.05, 0) is 62.2 Å². The van der Waals surface area contributed by atoms with Gasteiger partial charge in [0.15, 0.2) is 0 Å². The molecule has 2 aromatic carbocycles. The Bertz CT molecular complexity index is 1600. The fraction of sp³-hybridized carbons (Fsp3) is 0.194. The Balaban J connectivity index is 1.36. The number of aliphatic hydroxyl groups is 1. The largest absolute Gasteiger partial charge is 0.472 e. The van der Waals surface area contributed by atoms with E-state index in [0.717, 1.165) is 5.56 Å². The van der Waals surface area contributed by atoms with Gasteiger partial charge in [0, 0.05) is 40.3 Å². The number of aliphatic hydroxyl groups excluding tert-OH is 1. The summed E-state index contributed by atoms with van der Waals surface area (Å²) in [7, 11) is 0. The molecule has 2 atom stereocenters. The highest BCUT2D eigenvalue weighted by Gasteiger charge is 2.27. The van der Waals surface area contributed by atoms with E-state index >= 15 is 0 Å². The lowest BCUT2D eigenvalue weighted by Crippen LogP contribution is -2.29. The number of rotatable bonds is 8. The first-order valence-electron chi connectivity index (χ1n) is 12.9. The molecule has 5 N–H and O–H groups in total. The van der Waals surface area contributed by atoms with Crippen LogP contribution in [0.3, 0.4) is 0 Å². The normalized spacial score (nSPS) is 14.9. The van der Waals surface area contributed by atoms with Crippen molar-refractivity contribution in [1.29, 1.82) is 0 Å². The van der Waals surface area contributed by atoms with Gasteiger partial charge in [-0.15, -0.1) is 0 Å². The predicted octanol–water partition coefficient (Wildman–Crippen LogP) is 4.67. The highest BCUT2D eigenvalue weighted by atomic mass is 16.3. The number of nitrogens with one attached hydrogen (secondary N) is 4. The Morgan fingerprint density at radius 1 is 1.05 bits per heavy atom. The quantitative estimate of drug-likeness (QED) is 0.208. The summed E-state index contributed by atoms with van der Waals surface area (Å²) >= 11 is 0. The second kappa shape index (κ2) is 11.1. The number of hydrogen-bond donors (Lipinski definition) is 5. The van der Waals surface area contributed by atoms with Crippen molar-refractivity contribution in [2.45, 2.75) is 32.9 Å². The van der Waals surface area contributed by atoms with Gasteiger partial charge in [-0.3, -0.25) is 14.4 Å². The maximum atomic E-state index is 13.0. The highest BCUT2D eigenvalue weighted by molar-refractivity contribution is 6.35. The van der Waals surface area contributed by atoms with Gasteiger partial charge in [0.05, 0.1) is 35.8 Å². The minimum Gasteiger partial charge on any atom is -0.472 e. The van der Waals surface area contributed by atoms with Crippen LogP contribution in [0.5, 0.6) is 0 Å². The molecule has 0 bridgehead atoms. The van der Waals surface area contributed by atoms with Crippen molar-refractivity contribution in [2.75, 3.05) is 11.9 Å². The van der Waals surface area contributed by atoms with Crippen molar-refractivity contribution in [1.82, 2.24) is 15.6 Å². The van der Waals surface area contributed by atoms with Crippen LogP contribution >= 0.6 is 0 Å². The topological polar surface area (TPSA) is 136 Å². The van der Waals surface area contributed by atoms with Crippen molar-refractivity contribution >= 4 is 35.1 Å². The molecule has 5 rings (SSSR count). The predicted molar refractivity (Wildman–Crippen MR) is 152 cm³/mol. The summed E-state index contributed by atoms with van der Waals surface area (Å²) in [4.78, 5) is 42.1. The lowest BCUT2D eigenvalue weighted by molar-refractivity contribution is -0.110. The third kappa shape index (κ3) is 5.32. The van der Waals surface area contributed by atoms with Crippen molar-refractivity contribution in [2.24, 2.45) is 0 Å². The zero-order chi connectivity index (χ0) is 28.4. The number of carbonyl (C=O) groups excluding carboxylic acids is 3. The van der Waals surface area contributed by atoms with Gasteiger partial charge in [0.25, 0.3) is 17.7 Å². The SMILES string of the molecule is Cc1[nH]c(/C=C2\C(=O)Nc3ccc(C(=O)N[C@H](C)c4ccccc4)cc32)c(C)c1C(=O)NCC(O)c1ccoc1. The Hall–Kier alpha value is -4.89. The first-order valence-corrected chi connectivity index (χ1v) is 12.9. The Morgan fingerprint density at radius 3 is 2.55 bits per heavy atom. The number of carbonyl (C=O) groups is 3. The van der Waals surface area contributed by atoms with Gasteiger partial charge in [-0.2, -0.15) is 0 Å². The summed E-state index contributed by atoms with van der Waals surface area (Å²) in [5.41, 5.74) is 5.91. The Kier molecular flexibility index (Phi) is 7.39. The van der Waals surface area contributed by atoms with E-state index in [1.807, 2.05) is 37.3 Å². The standard InChI is InChI=1S/C31H30N4O5/c1-17-26(33-19(3)28(17)31(39)32-15-27(36)22-11-12-40-16-22)14-24-23-13-21(9-10-25(23)35-30(24)38)29(37)34-18(2)20-7-5-4-6-8-20/h4-14,16,18,27,33,36H,15H2,1-3H3,(H,32,39)(H,34,37)(H,35,38)/b24-14-/t18-,27?/m1/s1. The zero-order valence-electron chi connectivity index (χ0n) is 22.4. The molecule has 40 heavy (non-hydrogen) atoms. The van der Waals surface area contributed by atoms with Gasteiger partial charge >= 0.3 is 0 Å². The molecule has 0 spiro atoms. The summed E-state index contributed by atoms with van der Waals surface area (Å²) in [6.45, 7) is 5.50. The van der Waals surface area contributed by atoms with Gasteiger partial charge in [-0.25, -0.2) is 0 Å². The summed E-state index contributed by atoms with van der Waals surface area (Å²) in [5.74, 6) is -0.895. The Labute approximate surface area is 231 Å². The van der Waals surface area contributed by atoms with Crippen LogP contribution in [0.15, 0.2) is 71.5 Å². The average Bonchev–Trinajstić information content (AvgIpc) is 3.66. The molecular formula is C31H30N4O5. The van der Waals surface area contributed by atoms with Gasteiger partial charge in [0.2, 0.25) is 0 Å². The molecule has 0 saturated heterocycles. The highest BCUT2D eigenvalue weighted by Crippen LogP contribution is 2.35. The first kappa shape index (κ1) is 26.7. The monoisotopic (exact) mass is 538 g/mol.